The first-order chi connectivity index (χ1) is 18.7. The summed E-state index contributed by atoms with van der Waals surface area (Å²) in [6.07, 6.45) is 6.54. The predicted molar refractivity (Wildman–Crippen MR) is 140 cm³/mol. The average molecular weight is 541 g/mol. The highest BCUT2D eigenvalue weighted by Crippen LogP contribution is 2.21. The van der Waals surface area contributed by atoms with E-state index in [1.54, 1.807) is 36.9 Å². The lowest BCUT2D eigenvalue weighted by atomic mass is 9.97. The minimum absolute atomic E-state index is 0.114. The third kappa shape index (κ3) is 6.42. The Hall–Kier alpha value is -4.28. The molecule has 0 aliphatic carbocycles. The van der Waals surface area contributed by atoms with E-state index in [0.29, 0.717) is 29.4 Å². The molecule has 2 N–H and O–H groups in total. The van der Waals surface area contributed by atoms with Crippen LogP contribution >= 0.6 is 0 Å². The van der Waals surface area contributed by atoms with E-state index < -0.39 is 41.2 Å². The maximum absolute atomic E-state index is 14.0. The van der Waals surface area contributed by atoms with Gasteiger partial charge < -0.3 is 24.5 Å². The Morgan fingerprint density at radius 2 is 1.95 bits per heavy atom. The van der Waals surface area contributed by atoms with Gasteiger partial charge in [0.25, 0.3) is 5.56 Å². The van der Waals surface area contributed by atoms with Crippen LogP contribution in [0.15, 0.2) is 59.7 Å². The molecule has 3 atom stereocenters. The van der Waals surface area contributed by atoms with Crippen LogP contribution in [0.1, 0.15) is 31.4 Å². The molecule has 11 heteroatoms. The first-order valence-electron chi connectivity index (χ1n) is 12.7. The number of pyridine rings is 1. The molecule has 0 radical (unpaired) electrons. The summed E-state index contributed by atoms with van der Waals surface area (Å²) in [4.78, 5) is 51.4. The number of esters is 1. The number of aryl methyl sites for hydroxylation is 1. The van der Waals surface area contributed by atoms with Crippen LogP contribution in [0.4, 0.5) is 8.78 Å². The maximum atomic E-state index is 14.0. The third-order valence-electron chi connectivity index (χ3n) is 6.79. The highest BCUT2D eigenvalue weighted by Gasteiger charge is 2.30. The van der Waals surface area contributed by atoms with Crippen LogP contribution in [0, 0.1) is 17.6 Å². The number of hydrogen-bond donors (Lipinski definition) is 2. The van der Waals surface area contributed by atoms with Crippen LogP contribution in [-0.4, -0.2) is 46.1 Å². The van der Waals surface area contributed by atoms with Gasteiger partial charge in [-0.25, -0.2) is 13.6 Å². The van der Waals surface area contributed by atoms with Crippen molar-refractivity contribution in [3.8, 4) is 0 Å². The largest absolute Gasteiger partial charge is 0.463 e. The number of hydrogen-bond acceptors (Lipinski definition) is 5. The summed E-state index contributed by atoms with van der Waals surface area (Å²) in [5.41, 5.74) is 0.250. The van der Waals surface area contributed by atoms with E-state index in [9.17, 15) is 28.0 Å². The zero-order valence-corrected chi connectivity index (χ0v) is 21.7. The monoisotopic (exact) mass is 540 g/mol. The van der Waals surface area contributed by atoms with Crippen molar-refractivity contribution in [3.05, 3.63) is 82.4 Å². The van der Waals surface area contributed by atoms with Crippen LogP contribution in [0.2, 0.25) is 0 Å². The Labute approximate surface area is 223 Å². The van der Waals surface area contributed by atoms with E-state index in [0.717, 1.165) is 12.1 Å². The molecule has 1 aromatic carbocycles. The van der Waals surface area contributed by atoms with Crippen LogP contribution < -0.4 is 16.2 Å². The molecule has 1 fully saturated rings. The van der Waals surface area contributed by atoms with E-state index in [1.165, 1.54) is 29.0 Å². The van der Waals surface area contributed by atoms with Gasteiger partial charge in [0.1, 0.15) is 11.6 Å². The smallest absolute Gasteiger partial charge is 0.330 e. The van der Waals surface area contributed by atoms with Gasteiger partial charge in [0.15, 0.2) is 11.6 Å². The van der Waals surface area contributed by atoms with Gasteiger partial charge >= 0.3 is 5.97 Å². The van der Waals surface area contributed by atoms with Gasteiger partial charge in [-0.3, -0.25) is 14.4 Å². The van der Waals surface area contributed by atoms with E-state index in [2.05, 4.69) is 10.6 Å². The molecule has 39 heavy (non-hydrogen) atoms. The Balaban J connectivity index is 1.69. The average Bonchev–Trinajstić information content (AvgIpc) is 3.49. The summed E-state index contributed by atoms with van der Waals surface area (Å²) in [5, 5.41) is 6.28. The predicted octanol–water partition coefficient (Wildman–Crippen LogP) is 2.53. The second-order valence-electron chi connectivity index (χ2n) is 9.47. The van der Waals surface area contributed by atoms with Gasteiger partial charge in [-0.05, 0) is 49.6 Å². The molecular weight excluding hydrogens is 510 g/mol. The van der Waals surface area contributed by atoms with Crippen molar-refractivity contribution in [1.29, 1.82) is 0 Å². The van der Waals surface area contributed by atoms with Gasteiger partial charge in [0, 0.05) is 55.8 Å². The summed E-state index contributed by atoms with van der Waals surface area (Å²) in [6.45, 7) is 2.35. The lowest BCUT2D eigenvalue weighted by Gasteiger charge is -2.24. The summed E-state index contributed by atoms with van der Waals surface area (Å²) in [6, 6.07) is 4.90. The molecule has 0 spiro atoms. The van der Waals surface area contributed by atoms with Crippen LogP contribution in [0.5, 0.6) is 0 Å². The molecule has 206 valence electrons. The van der Waals surface area contributed by atoms with E-state index in [4.69, 9.17) is 4.74 Å². The van der Waals surface area contributed by atoms with Gasteiger partial charge in [0.05, 0.1) is 6.61 Å². The van der Waals surface area contributed by atoms with Gasteiger partial charge in [-0.1, -0.05) is 12.1 Å². The zero-order chi connectivity index (χ0) is 28.1. The molecule has 9 nitrogen and oxygen atoms in total. The molecule has 4 rings (SSSR count). The minimum Gasteiger partial charge on any atom is -0.463 e. The number of ether oxygens (including phenoxy) is 1. The van der Waals surface area contributed by atoms with Crippen molar-refractivity contribution in [2.24, 2.45) is 13.0 Å². The van der Waals surface area contributed by atoms with Gasteiger partial charge in [0.2, 0.25) is 11.8 Å². The standard InChI is InChI=1S/C28H30F2N4O5/c1-3-39-24(35)7-5-20(16-19-8-11-31-26(19)36)32-27(37)23(15-17-4-6-21(29)22(30)14-17)34-13-10-18-9-12-33(2)25(18)28(34)38/h4-7,9-10,12-14,19-20,23H,3,8,11,15-16H2,1-2H3,(H,31,36)(H,32,37)/b7-5+/t19-,20+,23-/m0/s1. The zero-order valence-electron chi connectivity index (χ0n) is 21.7. The normalized spacial score (nSPS) is 16.8. The molecule has 1 aliphatic rings. The van der Waals surface area contributed by atoms with E-state index >= 15 is 0 Å². The number of carbonyl (C=O) groups is 3. The number of rotatable bonds is 10. The molecule has 1 aliphatic heterocycles. The van der Waals surface area contributed by atoms with Crippen LogP contribution in [0.25, 0.3) is 10.9 Å². The Morgan fingerprint density at radius 3 is 2.64 bits per heavy atom. The molecule has 2 amide bonds. The van der Waals surface area contributed by atoms with Crippen molar-refractivity contribution in [1.82, 2.24) is 19.8 Å². The molecule has 2 aromatic heterocycles. The second-order valence-corrected chi connectivity index (χ2v) is 9.47. The van der Waals surface area contributed by atoms with E-state index in [1.807, 2.05) is 0 Å². The van der Waals surface area contributed by atoms with Crippen molar-refractivity contribution in [2.75, 3.05) is 13.2 Å². The Morgan fingerprint density at radius 1 is 1.18 bits per heavy atom. The molecule has 1 saturated heterocycles. The lowest BCUT2D eigenvalue weighted by Crippen LogP contribution is -2.43. The van der Waals surface area contributed by atoms with Crippen molar-refractivity contribution >= 4 is 28.7 Å². The lowest BCUT2D eigenvalue weighted by molar-refractivity contribution is -0.137. The molecule has 0 unspecified atom stereocenters. The van der Waals surface area contributed by atoms with Crippen LogP contribution in [-0.2, 0) is 32.6 Å². The molecule has 0 saturated carbocycles. The number of amides is 2. The summed E-state index contributed by atoms with van der Waals surface area (Å²) in [5.74, 6) is -3.82. The first kappa shape index (κ1) is 27.7. The number of halogens is 2. The summed E-state index contributed by atoms with van der Waals surface area (Å²) < 4.78 is 35.4. The number of benzene rings is 1. The fraction of sp³-hybridized carbons (Fsp3) is 0.357. The number of nitrogens with one attached hydrogen (secondary N) is 2. The third-order valence-corrected chi connectivity index (χ3v) is 6.79. The highest BCUT2D eigenvalue weighted by atomic mass is 19.2. The van der Waals surface area contributed by atoms with E-state index in [-0.39, 0.29) is 31.3 Å². The van der Waals surface area contributed by atoms with Crippen molar-refractivity contribution < 1.29 is 27.9 Å². The van der Waals surface area contributed by atoms with Gasteiger partial charge in [-0.2, -0.15) is 0 Å². The number of carbonyl (C=O) groups excluding carboxylic acids is 3. The molecule has 3 heterocycles. The fourth-order valence-corrected chi connectivity index (χ4v) is 4.79. The van der Waals surface area contributed by atoms with Crippen LogP contribution in [0.3, 0.4) is 0 Å². The first-order valence-corrected chi connectivity index (χ1v) is 12.7. The molecular formula is C28H30F2N4O5. The Bertz CT molecular complexity index is 1480. The van der Waals surface area contributed by atoms with Crippen molar-refractivity contribution in [3.63, 3.8) is 0 Å². The van der Waals surface area contributed by atoms with Crippen molar-refractivity contribution in [2.45, 2.75) is 38.3 Å². The minimum atomic E-state index is -1.14. The molecule has 3 aromatic rings. The summed E-state index contributed by atoms with van der Waals surface area (Å²) >= 11 is 0. The highest BCUT2D eigenvalue weighted by molar-refractivity contribution is 5.85. The molecule has 0 bridgehead atoms. The number of fused-ring (bicyclic) bond motifs is 1. The Kier molecular flexibility index (Phi) is 8.58. The summed E-state index contributed by atoms with van der Waals surface area (Å²) in [7, 11) is 1.71. The quantitative estimate of drug-likeness (QED) is 0.303. The second kappa shape index (κ2) is 12.1. The van der Waals surface area contributed by atoms with Gasteiger partial charge in [-0.15, -0.1) is 0 Å². The maximum Gasteiger partial charge on any atom is 0.330 e. The number of aromatic nitrogens is 2. The SMILES string of the molecule is CCOC(=O)/C=C/[C@H](C[C@@H]1CCNC1=O)NC(=O)[C@H](Cc1ccc(F)c(F)c1)n1ccc2ccn(C)c2c1=O. The fourth-order valence-electron chi connectivity index (χ4n) is 4.79. The topological polar surface area (TPSA) is 111 Å². The number of nitrogens with zero attached hydrogens (tertiary/aromatic N) is 2.